The number of rotatable bonds is 5. The van der Waals surface area contributed by atoms with Gasteiger partial charge < -0.3 is 15.2 Å². The maximum atomic E-state index is 11.1. The molecule has 3 N–H and O–H groups in total. The molecular weight excluding hydrogens is 320 g/mol. The molecule has 0 aliphatic carbocycles. The van der Waals surface area contributed by atoms with E-state index in [0.29, 0.717) is 13.2 Å². The Morgan fingerprint density at radius 1 is 1.36 bits per heavy atom. The molecule has 3 heterocycles. The number of nitrogens with one attached hydrogen (secondary N) is 2. The minimum absolute atomic E-state index is 0.274. The molecule has 0 spiro atoms. The van der Waals surface area contributed by atoms with Crippen LogP contribution in [-0.2, 0) is 13.0 Å². The van der Waals surface area contributed by atoms with Gasteiger partial charge in [0.1, 0.15) is 11.6 Å². The molecule has 1 aliphatic rings. The molecule has 0 unspecified atom stereocenters. The highest BCUT2D eigenvalue weighted by molar-refractivity contribution is 5.87. The molecule has 0 radical (unpaired) electrons. The van der Waals surface area contributed by atoms with Crippen LogP contribution in [0.1, 0.15) is 21.5 Å². The number of nitrogens with zero attached hydrogens (tertiary/aromatic N) is 2. The Morgan fingerprint density at radius 2 is 2.28 bits per heavy atom. The summed E-state index contributed by atoms with van der Waals surface area (Å²) >= 11 is 0. The lowest BCUT2D eigenvalue weighted by atomic mass is 10.1. The van der Waals surface area contributed by atoms with Crippen LogP contribution in [0.15, 0.2) is 42.9 Å². The van der Waals surface area contributed by atoms with Crippen molar-refractivity contribution in [3.63, 3.8) is 0 Å². The number of hydrogen-bond acceptors (Lipinski definition) is 5. The van der Waals surface area contributed by atoms with Crippen LogP contribution in [0.3, 0.4) is 0 Å². The number of carbonyl (C=O) groups is 1. The van der Waals surface area contributed by atoms with E-state index in [9.17, 15) is 4.79 Å². The molecule has 126 valence electrons. The highest BCUT2D eigenvalue weighted by atomic mass is 16.5. The molecule has 0 atom stereocenters. The van der Waals surface area contributed by atoms with Crippen LogP contribution in [0, 0.1) is 0 Å². The average Bonchev–Trinajstić information content (AvgIpc) is 3.31. The highest BCUT2D eigenvalue weighted by Crippen LogP contribution is 2.39. The Bertz CT molecular complexity index is 922. The van der Waals surface area contributed by atoms with Crippen LogP contribution in [0.5, 0.6) is 5.75 Å². The Hall–Kier alpha value is -3.35. The molecule has 7 heteroatoms. The number of H-pyrrole nitrogens is 1. The topological polar surface area (TPSA) is 100 Å². The number of ether oxygens (including phenoxy) is 1. The molecule has 25 heavy (non-hydrogen) atoms. The van der Waals surface area contributed by atoms with E-state index in [0.717, 1.165) is 40.2 Å². The monoisotopic (exact) mass is 336 g/mol. The van der Waals surface area contributed by atoms with Crippen LogP contribution in [-0.4, -0.2) is 32.9 Å². The van der Waals surface area contributed by atoms with Crippen LogP contribution >= 0.6 is 0 Å². The number of fused-ring (bicyclic) bond motifs is 1. The highest BCUT2D eigenvalue weighted by Gasteiger charge is 2.22. The zero-order chi connectivity index (χ0) is 17.2. The van der Waals surface area contributed by atoms with Gasteiger partial charge in [0.15, 0.2) is 0 Å². The summed E-state index contributed by atoms with van der Waals surface area (Å²) in [6.45, 7) is 1.11. The minimum atomic E-state index is -0.932. The molecule has 1 aliphatic heterocycles. The van der Waals surface area contributed by atoms with Gasteiger partial charge in [0, 0.05) is 42.0 Å². The number of aromatic amines is 1. The quantitative estimate of drug-likeness (QED) is 0.662. The van der Waals surface area contributed by atoms with Crippen molar-refractivity contribution in [2.24, 2.45) is 0 Å². The first-order valence-electron chi connectivity index (χ1n) is 7.92. The first-order chi connectivity index (χ1) is 12.2. The fourth-order valence-corrected chi connectivity index (χ4v) is 2.94. The second kappa shape index (κ2) is 6.27. The number of aromatic carboxylic acids is 1. The summed E-state index contributed by atoms with van der Waals surface area (Å²) in [5, 5.41) is 19.1. The van der Waals surface area contributed by atoms with Crippen molar-refractivity contribution >= 4 is 11.8 Å². The van der Waals surface area contributed by atoms with Crippen molar-refractivity contribution in [3.8, 4) is 16.9 Å². The Morgan fingerprint density at radius 3 is 3.08 bits per heavy atom. The van der Waals surface area contributed by atoms with Crippen LogP contribution in [0.25, 0.3) is 11.1 Å². The maximum absolute atomic E-state index is 11.1. The second-order valence-electron chi connectivity index (χ2n) is 5.77. The summed E-state index contributed by atoms with van der Waals surface area (Å²) in [6.07, 6.45) is 6.10. The molecule has 3 aromatic rings. The molecule has 7 nitrogen and oxygen atoms in total. The summed E-state index contributed by atoms with van der Waals surface area (Å²) in [7, 11) is 0. The maximum Gasteiger partial charge on any atom is 0.335 e. The third kappa shape index (κ3) is 2.91. The normalized spacial score (nSPS) is 12.5. The van der Waals surface area contributed by atoms with Gasteiger partial charge in [0.2, 0.25) is 0 Å². The van der Waals surface area contributed by atoms with E-state index in [4.69, 9.17) is 9.84 Å². The van der Waals surface area contributed by atoms with Crippen molar-refractivity contribution in [1.29, 1.82) is 0 Å². The van der Waals surface area contributed by atoms with E-state index in [1.165, 1.54) is 0 Å². The molecule has 0 amide bonds. The minimum Gasteiger partial charge on any atom is -0.492 e. The van der Waals surface area contributed by atoms with Crippen LogP contribution in [0.2, 0.25) is 0 Å². The Labute approximate surface area is 143 Å². The fraction of sp³-hybridized carbons (Fsp3) is 0.167. The first kappa shape index (κ1) is 15.2. The number of benzene rings is 1. The largest absolute Gasteiger partial charge is 0.492 e. The molecule has 0 bridgehead atoms. The standard InChI is InChI=1S/C18H16N4O3/c23-18(24)12-3-1-2-11(6-12)7-19-17-14-4-5-25-16(14)15(10-20-17)13-8-21-22-9-13/h1-3,6,8-10H,4-5,7H2,(H,19,20)(H,21,22)(H,23,24). The summed E-state index contributed by atoms with van der Waals surface area (Å²) in [5.74, 6) is 0.664. The molecule has 0 saturated carbocycles. The van der Waals surface area contributed by atoms with Gasteiger partial charge in [-0.2, -0.15) is 5.10 Å². The lowest BCUT2D eigenvalue weighted by Crippen LogP contribution is -2.05. The van der Waals surface area contributed by atoms with Crippen LogP contribution < -0.4 is 10.1 Å². The van der Waals surface area contributed by atoms with Crippen molar-refractivity contribution in [2.45, 2.75) is 13.0 Å². The third-order valence-corrected chi connectivity index (χ3v) is 4.17. The van der Waals surface area contributed by atoms with E-state index in [-0.39, 0.29) is 5.56 Å². The van der Waals surface area contributed by atoms with E-state index in [1.54, 1.807) is 30.6 Å². The van der Waals surface area contributed by atoms with E-state index in [1.807, 2.05) is 12.3 Å². The van der Waals surface area contributed by atoms with Crippen molar-refractivity contribution in [2.75, 3.05) is 11.9 Å². The smallest absolute Gasteiger partial charge is 0.335 e. The summed E-state index contributed by atoms with van der Waals surface area (Å²) in [6, 6.07) is 6.86. The Kier molecular flexibility index (Phi) is 3.81. The zero-order valence-corrected chi connectivity index (χ0v) is 13.3. The Balaban J connectivity index is 1.59. The van der Waals surface area contributed by atoms with Gasteiger partial charge in [0.25, 0.3) is 0 Å². The fourth-order valence-electron chi connectivity index (χ4n) is 2.94. The molecule has 1 aromatic carbocycles. The van der Waals surface area contributed by atoms with Crippen molar-refractivity contribution in [3.05, 3.63) is 59.5 Å². The van der Waals surface area contributed by atoms with Gasteiger partial charge in [-0.15, -0.1) is 0 Å². The number of pyridine rings is 1. The molecule has 2 aromatic heterocycles. The predicted molar refractivity (Wildman–Crippen MR) is 91.7 cm³/mol. The van der Waals surface area contributed by atoms with Gasteiger partial charge in [-0.25, -0.2) is 9.78 Å². The van der Waals surface area contributed by atoms with Crippen molar-refractivity contribution < 1.29 is 14.6 Å². The van der Waals surface area contributed by atoms with Gasteiger partial charge in [0.05, 0.1) is 18.4 Å². The first-order valence-corrected chi connectivity index (χ1v) is 7.92. The number of carboxylic acid groups (broad SMARTS) is 1. The molecular formula is C18H16N4O3. The molecule has 4 rings (SSSR count). The van der Waals surface area contributed by atoms with Gasteiger partial charge >= 0.3 is 5.97 Å². The van der Waals surface area contributed by atoms with E-state index < -0.39 is 5.97 Å². The summed E-state index contributed by atoms with van der Waals surface area (Å²) in [4.78, 5) is 15.6. The lowest BCUT2D eigenvalue weighted by molar-refractivity contribution is 0.0696. The molecule has 0 fully saturated rings. The SMILES string of the molecule is O=C(O)c1cccc(CNc2ncc(-c3cn[nH]c3)c3c2CCO3)c1. The number of aromatic nitrogens is 3. The predicted octanol–water partition coefficient (Wildman–Crippen LogP) is 2.72. The van der Waals surface area contributed by atoms with Gasteiger partial charge in [-0.05, 0) is 17.7 Å². The zero-order valence-electron chi connectivity index (χ0n) is 13.3. The number of hydrogen-bond donors (Lipinski definition) is 3. The summed E-state index contributed by atoms with van der Waals surface area (Å²) in [5.41, 5.74) is 4.04. The number of anilines is 1. The van der Waals surface area contributed by atoms with E-state index in [2.05, 4.69) is 20.5 Å². The third-order valence-electron chi connectivity index (χ3n) is 4.17. The molecule has 0 saturated heterocycles. The summed E-state index contributed by atoms with van der Waals surface area (Å²) < 4.78 is 5.80. The van der Waals surface area contributed by atoms with E-state index >= 15 is 0 Å². The van der Waals surface area contributed by atoms with Crippen molar-refractivity contribution in [1.82, 2.24) is 15.2 Å². The number of carboxylic acids is 1. The van der Waals surface area contributed by atoms with Gasteiger partial charge in [-0.1, -0.05) is 12.1 Å². The van der Waals surface area contributed by atoms with Crippen LogP contribution in [0.4, 0.5) is 5.82 Å². The second-order valence-corrected chi connectivity index (χ2v) is 5.77. The van der Waals surface area contributed by atoms with Gasteiger partial charge in [-0.3, -0.25) is 5.10 Å². The average molecular weight is 336 g/mol. The lowest BCUT2D eigenvalue weighted by Gasteiger charge is -2.12.